The van der Waals surface area contributed by atoms with Crippen molar-refractivity contribution in [3.05, 3.63) is 59.8 Å². The second-order valence-electron chi connectivity index (χ2n) is 9.01. The van der Waals surface area contributed by atoms with E-state index in [1.165, 1.54) is 23.6 Å². The second kappa shape index (κ2) is 9.81. The van der Waals surface area contributed by atoms with Gasteiger partial charge in [-0.15, -0.1) is 0 Å². The molecular formula is C27H31N3O4. The Morgan fingerprint density at radius 1 is 1.18 bits per heavy atom. The molecule has 1 unspecified atom stereocenters. The smallest absolute Gasteiger partial charge is 0.263 e. The van der Waals surface area contributed by atoms with Crippen molar-refractivity contribution in [2.24, 2.45) is 0 Å². The number of aromatic nitrogens is 1. The highest BCUT2D eigenvalue weighted by atomic mass is 16.5. The molecule has 3 aromatic rings. The molecule has 2 aromatic carbocycles. The molecule has 34 heavy (non-hydrogen) atoms. The number of ether oxygens (including phenoxy) is 1. The molecule has 1 aliphatic rings. The number of aryl methyl sites for hydroxylation is 2. The third-order valence-electron chi connectivity index (χ3n) is 6.50. The maximum absolute atomic E-state index is 13.0. The molecule has 1 aliphatic heterocycles. The molecule has 0 bridgehead atoms. The third kappa shape index (κ3) is 4.75. The number of rotatable bonds is 5. The van der Waals surface area contributed by atoms with Crippen LogP contribution < -0.4 is 4.74 Å². The van der Waals surface area contributed by atoms with Gasteiger partial charge in [0.1, 0.15) is 5.75 Å². The molecular weight excluding hydrogens is 430 g/mol. The summed E-state index contributed by atoms with van der Waals surface area (Å²) in [5, 5.41) is 11.7. The summed E-state index contributed by atoms with van der Waals surface area (Å²) >= 11 is 0. The van der Waals surface area contributed by atoms with Crippen LogP contribution in [0.1, 0.15) is 37.8 Å². The molecule has 1 saturated heterocycles. The van der Waals surface area contributed by atoms with Crippen molar-refractivity contribution in [3.8, 4) is 16.9 Å². The zero-order valence-electron chi connectivity index (χ0n) is 20.1. The minimum atomic E-state index is -0.706. The molecule has 1 N–H and O–H groups in total. The maximum Gasteiger partial charge on any atom is 0.263 e. The molecule has 0 spiro atoms. The molecule has 0 aliphatic carbocycles. The van der Waals surface area contributed by atoms with Crippen LogP contribution in [0.5, 0.6) is 5.75 Å². The summed E-state index contributed by atoms with van der Waals surface area (Å²) in [6.45, 7) is 8.12. The largest absolute Gasteiger partial charge is 0.481 e. The summed E-state index contributed by atoms with van der Waals surface area (Å²) in [6.07, 6.45) is 2.47. The second-order valence-corrected chi connectivity index (χ2v) is 9.01. The van der Waals surface area contributed by atoms with Crippen molar-refractivity contribution in [2.45, 2.75) is 52.7 Å². The number of carbonyl (C=O) groups excluding carboxylic acids is 2. The minimum absolute atomic E-state index is 0.168. The van der Waals surface area contributed by atoms with Gasteiger partial charge in [-0.25, -0.2) is 5.06 Å². The summed E-state index contributed by atoms with van der Waals surface area (Å²) in [5.41, 5.74) is 5.54. The van der Waals surface area contributed by atoms with E-state index >= 15 is 0 Å². The van der Waals surface area contributed by atoms with E-state index in [4.69, 9.17) is 4.74 Å². The molecule has 2 amide bonds. The topological polar surface area (TPSA) is 83.0 Å². The van der Waals surface area contributed by atoms with Crippen LogP contribution in [-0.2, 0) is 9.59 Å². The highest BCUT2D eigenvalue weighted by molar-refractivity contribution is 5.96. The van der Waals surface area contributed by atoms with Gasteiger partial charge in [0.05, 0.1) is 11.6 Å². The summed E-state index contributed by atoms with van der Waals surface area (Å²) in [6, 6.07) is 13.6. The van der Waals surface area contributed by atoms with Gasteiger partial charge in [-0.2, -0.15) is 0 Å². The molecule has 7 nitrogen and oxygen atoms in total. The van der Waals surface area contributed by atoms with Gasteiger partial charge < -0.3 is 9.64 Å². The van der Waals surface area contributed by atoms with Crippen LogP contribution in [0.2, 0.25) is 0 Å². The van der Waals surface area contributed by atoms with Crippen LogP contribution in [0, 0.1) is 13.8 Å². The normalized spacial score (nSPS) is 16.9. The van der Waals surface area contributed by atoms with Crippen molar-refractivity contribution < 1.29 is 19.5 Å². The quantitative estimate of drug-likeness (QED) is 0.446. The van der Waals surface area contributed by atoms with Gasteiger partial charge in [-0.05, 0) is 74.1 Å². The fraction of sp³-hybridized carbons (Fsp3) is 0.370. The molecule has 178 valence electrons. The van der Waals surface area contributed by atoms with E-state index in [1.54, 1.807) is 18.0 Å². The van der Waals surface area contributed by atoms with Crippen LogP contribution in [0.3, 0.4) is 0 Å². The number of hydrogen-bond donors (Lipinski definition) is 1. The van der Waals surface area contributed by atoms with Crippen molar-refractivity contribution in [2.75, 3.05) is 13.1 Å². The zero-order chi connectivity index (χ0) is 24.4. The summed E-state index contributed by atoms with van der Waals surface area (Å²) in [7, 11) is 0. The summed E-state index contributed by atoms with van der Waals surface area (Å²) in [4.78, 5) is 30.7. The van der Waals surface area contributed by atoms with Gasteiger partial charge >= 0.3 is 0 Å². The van der Waals surface area contributed by atoms with Crippen molar-refractivity contribution in [1.29, 1.82) is 0 Å². The number of hydrogen-bond acceptors (Lipinski definition) is 5. The Hall–Kier alpha value is -3.45. The van der Waals surface area contributed by atoms with Gasteiger partial charge in [0.15, 0.2) is 6.10 Å². The summed E-state index contributed by atoms with van der Waals surface area (Å²) in [5.74, 6) is -0.0212. The number of fused-ring (bicyclic) bond motifs is 1. The van der Waals surface area contributed by atoms with E-state index in [-0.39, 0.29) is 5.91 Å². The van der Waals surface area contributed by atoms with Gasteiger partial charge in [0.25, 0.3) is 5.91 Å². The highest BCUT2D eigenvalue weighted by Crippen LogP contribution is 2.34. The fourth-order valence-electron chi connectivity index (χ4n) is 4.78. The van der Waals surface area contributed by atoms with Crippen LogP contribution in [0.15, 0.2) is 48.7 Å². The number of carbonyl (C=O) groups is 2. The van der Waals surface area contributed by atoms with Gasteiger partial charge in [0, 0.05) is 37.7 Å². The van der Waals surface area contributed by atoms with E-state index in [9.17, 15) is 14.8 Å². The van der Waals surface area contributed by atoms with Crippen molar-refractivity contribution in [3.63, 3.8) is 0 Å². The number of hydroxylamine groups is 2. The predicted octanol–water partition coefficient (Wildman–Crippen LogP) is 4.51. The van der Waals surface area contributed by atoms with Crippen molar-refractivity contribution >= 4 is 22.7 Å². The minimum Gasteiger partial charge on any atom is -0.481 e. The van der Waals surface area contributed by atoms with Crippen LogP contribution in [0.25, 0.3) is 22.0 Å². The van der Waals surface area contributed by atoms with E-state index in [0.29, 0.717) is 31.7 Å². The third-order valence-corrected chi connectivity index (χ3v) is 6.50. The first-order chi connectivity index (χ1) is 16.3. The molecule has 1 fully saturated rings. The lowest BCUT2D eigenvalue weighted by atomic mass is 9.93. The van der Waals surface area contributed by atoms with Gasteiger partial charge in [-0.1, -0.05) is 18.2 Å². The molecule has 1 aromatic heterocycles. The SMILES string of the molecule is CC(=O)N(O)C1CCCN(C(=O)[C@@H](C)Oc2ccc3c(-c4c(C)cccc4C)ccnc3c2)C1. The Morgan fingerprint density at radius 3 is 2.62 bits per heavy atom. The molecule has 0 radical (unpaired) electrons. The average molecular weight is 462 g/mol. The van der Waals surface area contributed by atoms with E-state index in [1.807, 2.05) is 24.3 Å². The lowest BCUT2D eigenvalue weighted by Gasteiger charge is -2.36. The molecule has 0 saturated carbocycles. The lowest BCUT2D eigenvalue weighted by Crippen LogP contribution is -2.52. The Balaban J connectivity index is 1.52. The summed E-state index contributed by atoms with van der Waals surface area (Å²) < 4.78 is 6.00. The van der Waals surface area contributed by atoms with Crippen LogP contribution in [-0.4, -0.2) is 57.2 Å². The Labute approximate surface area is 199 Å². The maximum atomic E-state index is 13.0. The van der Waals surface area contributed by atoms with Gasteiger partial charge in [0.2, 0.25) is 5.91 Å². The lowest BCUT2D eigenvalue weighted by molar-refractivity contribution is -0.179. The molecule has 2 atom stereocenters. The number of likely N-dealkylation sites (tertiary alicyclic amines) is 1. The first-order valence-electron chi connectivity index (χ1n) is 11.7. The average Bonchev–Trinajstić information content (AvgIpc) is 2.83. The standard InChI is InChI=1S/C27H31N3O4/c1-17-7-5-8-18(2)26(17)24-12-13-28-25-15-22(10-11-23(24)25)34-19(3)27(32)29-14-6-9-21(16-29)30(33)20(4)31/h5,7-8,10-13,15,19,21,33H,6,9,14,16H2,1-4H3/t19-,21?/m1/s1. The highest BCUT2D eigenvalue weighted by Gasteiger charge is 2.31. The Kier molecular flexibility index (Phi) is 6.84. The number of piperidine rings is 1. The van der Waals surface area contributed by atoms with Gasteiger partial charge in [-0.3, -0.25) is 19.8 Å². The fourth-order valence-corrected chi connectivity index (χ4v) is 4.78. The zero-order valence-corrected chi connectivity index (χ0v) is 20.1. The first-order valence-corrected chi connectivity index (χ1v) is 11.7. The van der Waals surface area contributed by atoms with Crippen LogP contribution >= 0.6 is 0 Å². The van der Waals surface area contributed by atoms with E-state index in [0.717, 1.165) is 21.5 Å². The number of amides is 2. The predicted molar refractivity (Wildman–Crippen MR) is 131 cm³/mol. The van der Waals surface area contributed by atoms with Crippen molar-refractivity contribution in [1.82, 2.24) is 14.9 Å². The number of pyridine rings is 1. The van der Waals surface area contributed by atoms with E-state index < -0.39 is 18.1 Å². The Bertz CT molecular complexity index is 1210. The molecule has 7 heteroatoms. The monoisotopic (exact) mass is 461 g/mol. The number of benzene rings is 2. The number of nitrogens with zero attached hydrogens (tertiary/aromatic N) is 3. The Morgan fingerprint density at radius 2 is 1.91 bits per heavy atom. The van der Waals surface area contributed by atoms with Crippen LogP contribution in [0.4, 0.5) is 0 Å². The van der Waals surface area contributed by atoms with E-state index in [2.05, 4.69) is 37.0 Å². The molecule has 2 heterocycles. The molecule has 4 rings (SSSR count). The first kappa shape index (κ1) is 23.7.